The summed E-state index contributed by atoms with van der Waals surface area (Å²) in [6.07, 6.45) is 2.12. The van der Waals surface area contributed by atoms with Crippen molar-refractivity contribution >= 4 is 11.3 Å². The van der Waals surface area contributed by atoms with Crippen molar-refractivity contribution in [3.05, 3.63) is 33.0 Å². The van der Waals surface area contributed by atoms with E-state index in [1.54, 1.807) is 11.3 Å². The van der Waals surface area contributed by atoms with Crippen LogP contribution in [0, 0.1) is 13.8 Å². The molecule has 0 spiro atoms. The maximum Gasteiger partial charge on any atom is 0.0900 e. The summed E-state index contributed by atoms with van der Waals surface area (Å²) >= 11 is 1.78. The molecule has 116 valence electrons. The standard InChI is InChI=1S/C16H26N4S/c1-10(14-11(2)18-12(3)21-14)17-8-13-9-20(7)19-15(13)16(4,5)6/h9-10,17H,8H2,1-7H3. The Morgan fingerprint density at radius 2 is 2.00 bits per heavy atom. The second kappa shape index (κ2) is 5.89. The van der Waals surface area contributed by atoms with Crippen LogP contribution in [0.25, 0.3) is 0 Å². The van der Waals surface area contributed by atoms with Crippen molar-refractivity contribution in [3.8, 4) is 0 Å². The van der Waals surface area contributed by atoms with Gasteiger partial charge in [0.15, 0.2) is 0 Å². The first-order chi connectivity index (χ1) is 9.68. The largest absolute Gasteiger partial charge is 0.305 e. The van der Waals surface area contributed by atoms with Crippen molar-refractivity contribution < 1.29 is 0 Å². The Labute approximate surface area is 131 Å². The lowest BCUT2D eigenvalue weighted by atomic mass is 9.89. The summed E-state index contributed by atoms with van der Waals surface area (Å²) in [5, 5.41) is 9.37. The molecule has 21 heavy (non-hydrogen) atoms. The van der Waals surface area contributed by atoms with E-state index in [9.17, 15) is 0 Å². The number of hydrogen-bond donors (Lipinski definition) is 1. The molecule has 0 saturated carbocycles. The van der Waals surface area contributed by atoms with Gasteiger partial charge in [0.1, 0.15) is 0 Å². The van der Waals surface area contributed by atoms with Gasteiger partial charge in [-0.05, 0) is 20.8 Å². The highest BCUT2D eigenvalue weighted by Gasteiger charge is 2.22. The lowest BCUT2D eigenvalue weighted by Gasteiger charge is -2.19. The molecular weight excluding hydrogens is 280 g/mol. The fourth-order valence-corrected chi connectivity index (χ4v) is 3.56. The Morgan fingerprint density at radius 1 is 1.33 bits per heavy atom. The summed E-state index contributed by atoms with van der Waals surface area (Å²) in [5.74, 6) is 0. The van der Waals surface area contributed by atoms with Gasteiger partial charge in [0, 0.05) is 41.7 Å². The molecule has 0 aliphatic carbocycles. The molecule has 2 heterocycles. The van der Waals surface area contributed by atoms with Crippen LogP contribution in [0.2, 0.25) is 0 Å². The zero-order chi connectivity index (χ0) is 15.8. The minimum atomic E-state index is 0.0680. The molecule has 0 aliphatic rings. The van der Waals surface area contributed by atoms with Crippen molar-refractivity contribution in [2.24, 2.45) is 7.05 Å². The summed E-state index contributed by atoms with van der Waals surface area (Å²) in [7, 11) is 1.98. The van der Waals surface area contributed by atoms with Crippen LogP contribution in [0.5, 0.6) is 0 Å². The van der Waals surface area contributed by atoms with Crippen LogP contribution in [0.4, 0.5) is 0 Å². The monoisotopic (exact) mass is 306 g/mol. The number of aryl methyl sites for hydroxylation is 3. The van der Waals surface area contributed by atoms with E-state index in [0.29, 0.717) is 6.04 Å². The molecule has 0 saturated heterocycles. The summed E-state index contributed by atoms with van der Waals surface area (Å²) in [6, 6.07) is 0.309. The fraction of sp³-hybridized carbons (Fsp3) is 0.625. The maximum absolute atomic E-state index is 4.62. The van der Waals surface area contributed by atoms with E-state index in [1.165, 1.54) is 16.1 Å². The van der Waals surface area contributed by atoms with E-state index >= 15 is 0 Å². The first kappa shape index (κ1) is 16.2. The van der Waals surface area contributed by atoms with E-state index in [0.717, 1.165) is 17.2 Å². The Morgan fingerprint density at radius 3 is 2.52 bits per heavy atom. The molecule has 0 aliphatic heterocycles. The molecule has 2 aromatic heterocycles. The number of hydrogen-bond acceptors (Lipinski definition) is 4. The normalized spacial score (nSPS) is 13.7. The fourth-order valence-electron chi connectivity index (χ4n) is 2.60. The molecule has 5 heteroatoms. The Kier molecular flexibility index (Phi) is 4.54. The van der Waals surface area contributed by atoms with E-state index < -0.39 is 0 Å². The molecule has 1 unspecified atom stereocenters. The molecule has 4 nitrogen and oxygen atoms in total. The molecule has 0 amide bonds. The number of nitrogens with one attached hydrogen (secondary N) is 1. The topological polar surface area (TPSA) is 42.7 Å². The zero-order valence-corrected chi connectivity index (χ0v) is 14.9. The third kappa shape index (κ3) is 3.71. The zero-order valence-electron chi connectivity index (χ0n) is 14.1. The van der Waals surface area contributed by atoms with Gasteiger partial charge >= 0.3 is 0 Å². The van der Waals surface area contributed by atoms with Crippen molar-refractivity contribution in [1.82, 2.24) is 20.1 Å². The summed E-state index contributed by atoms with van der Waals surface area (Å²) in [4.78, 5) is 5.84. The van der Waals surface area contributed by atoms with Crippen LogP contribution in [0.1, 0.15) is 60.6 Å². The van der Waals surface area contributed by atoms with E-state index in [1.807, 2.05) is 11.7 Å². The highest BCUT2D eigenvalue weighted by molar-refractivity contribution is 7.11. The third-order valence-corrected chi connectivity index (χ3v) is 4.80. The van der Waals surface area contributed by atoms with Gasteiger partial charge in [-0.3, -0.25) is 4.68 Å². The molecule has 2 rings (SSSR count). The molecule has 0 bridgehead atoms. The molecule has 0 aromatic carbocycles. The second-order valence-electron chi connectivity index (χ2n) is 6.71. The van der Waals surface area contributed by atoms with Crippen LogP contribution in [-0.2, 0) is 19.0 Å². The average molecular weight is 306 g/mol. The maximum atomic E-state index is 4.62. The summed E-state index contributed by atoms with van der Waals surface area (Å²) < 4.78 is 1.91. The molecule has 0 radical (unpaired) electrons. The number of nitrogens with zero attached hydrogens (tertiary/aromatic N) is 3. The lowest BCUT2D eigenvalue weighted by molar-refractivity contribution is 0.532. The predicted molar refractivity (Wildman–Crippen MR) is 88.8 cm³/mol. The van der Waals surface area contributed by atoms with Crippen LogP contribution in [-0.4, -0.2) is 14.8 Å². The van der Waals surface area contributed by atoms with Gasteiger partial charge in [-0.25, -0.2) is 4.98 Å². The quantitative estimate of drug-likeness (QED) is 0.937. The Hall–Kier alpha value is -1.20. The predicted octanol–water partition coefficient (Wildman–Crippen LogP) is 3.64. The molecule has 1 atom stereocenters. The van der Waals surface area contributed by atoms with Gasteiger partial charge in [-0.2, -0.15) is 5.10 Å². The van der Waals surface area contributed by atoms with Crippen molar-refractivity contribution in [3.63, 3.8) is 0 Å². The van der Waals surface area contributed by atoms with Crippen LogP contribution >= 0.6 is 11.3 Å². The number of rotatable bonds is 4. The second-order valence-corrected chi connectivity index (χ2v) is 7.95. The highest BCUT2D eigenvalue weighted by Crippen LogP contribution is 2.27. The smallest absolute Gasteiger partial charge is 0.0900 e. The average Bonchev–Trinajstić information content (AvgIpc) is 2.88. The van der Waals surface area contributed by atoms with E-state index in [4.69, 9.17) is 0 Å². The van der Waals surface area contributed by atoms with Gasteiger partial charge in [0.05, 0.1) is 16.4 Å². The summed E-state index contributed by atoms with van der Waals surface area (Å²) in [6.45, 7) is 13.8. The first-order valence-electron chi connectivity index (χ1n) is 7.38. The number of thiazole rings is 1. The van der Waals surface area contributed by atoms with Crippen LogP contribution < -0.4 is 5.32 Å². The van der Waals surface area contributed by atoms with Crippen molar-refractivity contribution in [1.29, 1.82) is 0 Å². The SMILES string of the molecule is Cc1nc(C)c(C(C)NCc2cn(C)nc2C(C)(C)C)s1. The third-order valence-electron chi connectivity index (χ3n) is 3.55. The highest BCUT2D eigenvalue weighted by atomic mass is 32.1. The minimum Gasteiger partial charge on any atom is -0.305 e. The van der Waals surface area contributed by atoms with Gasteiger partial charge in [-0.1, -0.05) is 20.8 Å². The first-order valence-corrected chi connectivity index (χ1v) is 8.20. The molecule has 1 N–H and O–H groups in total. The Bertz CT molecular complexity index is 619. The van der Waals surface area contributed by atoms with E-state index in [-0.39, 0.29) is 5.41 Å². The van der Waals surface area contributed by atoms with Gasteiger partial charge in [0.25, 0.3) is 0 Å². The van der Waals surface area contributed by atoms with Gasteiger partial charge < -0.3 is 5.32 Å². The Balaban J connectivity index is 2.12. The molecular formula is C16H26N4S. The van der Waals surface area contributed by atoms with Gasteiger partial charge in [0.2, 0.25) is 0 Å². The van der Waals surface area contributed by atoms with Crippen molar-refractivity contribution in [2.45, 2.75) is 59.5 Å². The molecule has 2 aromatic rings. The van der Waals surface area contributed by atoms with Gasteiger partial charge in [-0.15, -0.1) is 11.3 Å². The van der Waals surface area contributed by atoms with Crippen molar-refractivity contribution in [2.75, 3.05) is 0 Å². The minimum absolute atomic E-state index is 0.0680. The lowest BCUT2D eigenvalue weighted by Crippen LogP contribution is -2.21. The van der Waals surface area contributed by atoms with E-state index in [2.05, 4.69) is 63.1 Å². The van der Waals surface area contributed by atoms with Crippen LogP contribution in [0.15, 0.2) is 6.20 Å². The summed E-state index contributed by atoms with van der Waals surface area (Å²) in [5.41, 5.74) is 3.65. The number of aromatic nitrogens is 3. The molecule has 0 fully saturated rings. The van der Waals surface area contributed by atoms with Crippen LogP contribution in [0.3, 0.4) is 0 Å².